The molecule has 0 rings (SSSR count). The molecule has 0 amide bonds. The van der Waals surface area contributed by atoms with Crippen molar-refractivity contribution < 1.29 is 66.5 Å². The van der Waals surface area contributed by atoms with Gasteiger partial charge in [-0.25, -0.2) is 8.42 Å². The van der Waals surface area contributed by atoms with Crippen LogP contribution in [0, 0.1) is 5.92 Å². The van der Waals surface area contributed by atoms with E-state index in [4.69, 9.17) is 27.4 Å². The van der Waals surface area contributed by atoms with Gasteiger partial charge in [0.05, 0.1) is 19.4 Å². The molecular formula is C12H23NaO8S. The van der Waals surface area contributed by atoms with Gasteiger partial charge in [-0.05, 0) is 12.3 Å². The van der Waals surface area contributed by atoms with E-state index in [2.05, 4.69) is 13.8 Å². The zero-order chi connectivity index (χ0) is 16.9. The van der Waals surface area contributed by atoms with E-state index < -0.39 is 22.3 Å². The van der Waals surface area contributed by atoms with Crippen molar-refractivity contribution in [2.45, 2.75) is 52.4 Å². The van der Waals surface area contributed by atoms with Crippen molar-refractivity contribution in [3.63, 3.8) is 0 Å². The van der Waals surface area contributed by atoms with Gasteiger partial charge in [-0.1, -0.05) is 33.1 Å². The molecule has 0 saturated carbocycles. The minimum Gasteiger partial charge on any atom is -0.726 e. The molecule has 0 bridgehead atoms. The van der Waals surface area contributed by atoms with Crippen molar-refractivity contribution in [3.05, 3.63) is 0 Å². The van der Waals surface area contributed by atoms with E-state index in [1.807, 2.05) is 0 Å². The minimum atomic E-state index is -4.92. The Morgan fingerprint density at radius 2 is 1.73 bits per heavy atom. The number of unbranched alkanes of at least 4 members (excludes halogenated alkanes) is 1. The summed E-state index contributed by atoms with van der Waals surface area (Å²) in [6.07, 6.45) is 4.17. The third-order valence-corrected chi connectivity index (χ3v) is 2.57. The maximum atomic E-state index is 11.2. The first-order valence-electron chi connectivity index (χ1n) is 6.65. The van der Waals surface area contributed by atoms with Crippen molar-refractivity contribution in [1.82, 2.24) is 0 Å². The number of carbonyl (C=O) groups is 2. The second-order valence-corrected chi connectivity index (χ2v) is 5.28. The molecule has 2 N–H and O–H groups in total. The number of esters is 1. The maximum absolute atomic E-state index is 11.2. The number of rotatable bonds is 9. The van der Waals surface area contributed by atoms with Gasteiger partial charge < -0.3 is 14.4 Å². The smallest absolute Gasteiger partial charge is 0.726 e. The molecule has 0 radical (unpaired) electrons. The predicted molar refractivity (Wildman–Crippen MR) is 73.5 cm³/mol. The maximum Gasteiger partial charge on any atom is 1.00 e. The first-order valence-corrected chi connectivity index (χ1v) is 8.02. The predicted octanol–water partition coefficient (Wildman–Crippen LogP) is -1.38. The van der Waals surface area contributed by atoms with Crippen LogP contribution in [0.25, 0.3) is 0 Å². The largest absolute Gasteiger partial charge is 1.00 e. The van der Waals surface area contributed by atoms with Crippen LogP contribution >= 0.6 is 0 Å². The summed E-state index contributed by atoms with van der Waals surface area (Å²) in [7, 11) is -4.92. The van der Waals surface area contributed by atoms with Crippen LogP contribution in [0.1, 0.15) is 52.4 Å². The van der Waals surface area contributed by atoms with Crippen molar-refractivity contribution in [2.24, 2.45) is 5.92 Å². The average molecular weight is 350 g/mol. The number of aliphatic carboxylic acids is 1. The third kappa shape index (κ3) is 28.0. The van der Waals surface area contributed by atoms with Crippen LogP contribution in [0.15, 0.2) is 0 Å². The van der Waals surface area contributed by atoms with Crippen molar-refractivity contribution >= 4 is 22.3 Å². The van der Waals surface area contributed by atoms with Crippen molar-refractivity contribution in [2.75, 3.05) is 6.61 Å². The molecular weight excluding hydrogens is 327 g/mol. The van der Waals surface area contributed by atoms with E-state index in [-0.39, 0.29) is 42.4 Å². The molecule has 0 aromatic carbocycles. The number of hydrogen-bond acceptors (Lipinski definition) is 6. The average Bonchev–Trinajstić information content (AvgIpc) is 2.34. The summed E-state index contributed by atoms with van der Waals surface area (Å²) in [5, 5.41) is 8.39. The Balaban J connectivity index is -0.000000520. The quantitative estimate of drug-likeness (QED) is 0.224. The summed E-state index contributed by atoms with van der Waals surface area (Å²) < 4.78 is 37.9. The molecule has 0 saturated heterocycles. The van der Waals surface area contributed by atoms with Crippen molar-refractivity contribution in [1.29, 1.82) is 0 Å². The molecule has 0 spiro atoms. The molecule has 0 aromatic heterocycles. The number of hydrogen-bond donors (Lipinski definition) is 2. The Bertz CT molecular complexity index is 388. The molecule has 8 nitrogen and oxygen atoms in total. The van der Waals surface area contributed by atoms with Crippen LogP contribution in [0.4, 0.5) is 0 Å². The van der Waals surface area contributed by atoms with Crippen molar-refractivity contribution in [3.8, 4) is 0 Å². The minimum absolute atomic E-state index is 0. The summed E-state index contributed by atoms with van der Waals surface area (Å²) in [6, 6.07) is 0. The molecule has 0 aromatic rings. The van der Waals surface area contributed by atoms with E-state index in [0.717, 1.165) is 25.7 Å². The van der Waals surface area contributed by atoms with Crippen LogP contribution in [-0.2, 0) is 24.7 Å². The Kier molecular flexibility index (Phi) is 19.0. The van der Waals surface area contributed by atoms with Gasteiger partial charge in [-0.3, -0.25) is 14.1 Å². The molecule has 0 aliphatic carbocycles. The van der Waals surface area contributed by atoms with Crippen LogP contribution in [0.5, 0.6) is 0 Å². The van der Waals surface area contributed by atoms with Crippen LogP contribution in [0.2, 0.25) is 0 Å². The van der Waals surface area contributed by atoms with Gasteiger partial charge in [0.25, 0.3) is 0 Å². The molecule has 0 heterocycles. The Labute approximate surface area is 153 Å². The Morgan fingerprint density at radius 3 is 2.09 bits per heavy atom. The van der Waals surface area contributed by atoms with Crippen LogP contribution < -0.4 is 29.6 Å². The third-order valence-electron chi connectivity index (χ3n) is 2.57. The molecule has 10 heteroatoms. The van der Waals surface area contributed by atoms with E-state index in [1.165, 1.54) is 0 Å². The molecule has 1 atom stereocenters. The Hall–Kier alpha value is -0.190. The Morgan fingerprint density at radius 1 is 1.23 bits per heavy atom. The van der Waals surface area contributed by atoms with Gasteiger partial charge in [0.1, 0.15) is 0 Å². The fourth-order valence-corrected chi connectivity index (χ4v) is 1.39. The summed E-state index contributed by atoms with van der Waals surface area (Å²) >= 11 is 0. The summed E-state index contributed by atoms with van der Waals surface area (Å²) in [4.78, 5) is 21.4. The molecule has 0 aliphatic rings. The van der Waals surface area contributed by atoms with Gasteiger partial charge in [-0.2, -0.15) is 0 Å². The number of carbonyl (C=O) groups excluding carboxylic acids is 1. The molecule has 22 heavy (non-hydrogen) atoms. The van der Waals surface area contributed by atoms with E-state index >= 15 is 0 Å². The summed E-state index contributed by atoms with van der Waals surface area (Å²) in [5.41, 5.74) is 0. The zero-order valence-corrected chi connectivity index (χ0v) is 16.1. The number of ether oxygens (including phenoxy) is 1. The van der Waals surface area contributed by atoms with Crippen LogP contribution in [0.3, 0.4) is 0 Å². The molecule has 126 valence electrons. The van der Waals surface area contributed by atoms with E-state index in [0.29, 0.717) is 12.5 Å². The molecule has 1 unspecified atom stereocenters. The van der Waals surface area contributed by atoms with Gasteiger partial charge >= 0.3 is 41.5 Å². The summed E-state index contributed by atoms with van der Waals surface area (Å²) in [5.74, 6) is -0.957. The molecule has 0 aliphatic heterocycles. The van der Waals surface area contributed by atoms with Gasteiger partial charge in [-0.15, -0.1) is 0 Å². The topological polar surface area (TPSA) is 141 Å². The first kappa shape index (κ1) is 26.7. The van der Waals surface area contributed by atoms with E-state index in [9.17, 15) is 9.59 Å². The van der Waals surface area contributed by atoms with Crippen LogP contribution in [-0.4, -0.2) is 41.2 Å². The second kappa shape index (κ2) is 15.7. The monoisotopic (exact) mass is 350 g/mol. The zero-order valence-electron chi connectivity index (χ0n) is 13.3. The second-order valence-electron chi connectivity index (χ2n) is 4.42. The van der Waals surface area contributed by atoms with Gasteiger partial charge in [0.15, 0.2) is 0 Å². The first-order chi connectivity index (χ1) is 9.60. The standard InChI is InChI=1S/C12H22O4.Na.H2O4S/c1-3-5-6-10(4-2)9-16-12(15)8-7-11(13)14;;1-5(2,3)4/h10H,3-9H2,1-2H3,(H,13,14);;(H2,1,2,3,4)/q;+1;/p-1. The van der Waals surface area contributed by atoms with Gasteiger partial charge in [0, 0.05) is 0 Å². The number of carboxylic acid groups (broad SMARTS) is 1. The number of carboxylic acids is 1. The molecule has 0 fully saturated rings. The van der Waals surface area contributed by atoms with E-state index in [1.54, 1.807) is 0 Å². The summed E-state index contributed by atoms with van der Waals surface area (Å²) in [6.45, 7) is 4.63. The fraction of sp³-hybridized carbons (Fsp3) is 0.833. The SMILES string of the molecule is CCCCC(CC)COC(=O)CCC(=O)O.O=S(=O)([O-])O.[Na+]. The fourth-order valence-electron chi connectivity index (χ4n) is 1.39. The van der Waals surface area contributed by atoms with Gasteiger partial charge in [0.2, 0.25) is 10.4 Å². The normalized spacial score (nSPS) is 11.5.